The van der Waals surface area contributed by atoms with Crippen molar-refractivity contribution < 1.29 is 57.5 Å². The molecule has 0 aliphatic carbocycles. The van der Waals surface area contributed by atoms with Crippen molar-refractivity contribution in [3.05, 3.63) is 12.2 Å². The molecule has 0 saturated carbocycles. The SMILES string of the molecule is CC=CC[C@@H](C)C(=O)[C@H]1C(=O)N[C@@H](C(C)C)C(=O)N(C)CC(=O)N(C)[C@@H](CC(C)C)C(=O)N[C@@H](C(C)C)C(=O)N(C)[C@@H](CC(C)C)C(=O)N[C@@H](C)C(=O)N[C@H](C)C(=O)N(C)[C@@H](CC(C)C)C(=O)N(C)[C@@H](CC(C)C)C(=O)N(C)[C@@H](C(C)C)C(=O)N1C. The topological polar surface area (TPSA) is 276 Å². The molecular weight excluding hydrogens is 1100 g/mol. The molecular formula is C63H111N11O12. The Balaban J connectivity index is 4.37. The van der Waals surface area contributed by atoms with Gasteiger partial charge in [0, 0.05) is 55.3 Å². The molecule has 23 heteroatoms. The fourth-order valence-electron chi connectivity index (χ4n) is 10.7. The second-order valence-corrected chi connectivity index (χ2v) is 26.6. The van der Waals surface area contributed by atoms with Gasteiger partial charge in [-0.15, -0.1) is 0 Å². The summed E-state index contributed by atoms with van der Waals surface area (Å²) in [5, 5.41) is 11.0. The Kier molecular flexibility index (Phi) is 31.4. The van der Waals surface area contributed by atoms with Crippen molar-refractivity contribution in [1.82, 2.24) is 55.6 Å². The first kappa shape index (κ1) is 77.6. The van der Waals surface area contributed by atoms with Crippen LogP contribution in [0.25, 0.3) is 0 Å². The third-order valence-corrected chi connectivity index (χ3v) is 16.1. The van der Waals surface area contributed by atoms with Crippen LogP contribution in [0.1, 0.15) is 157 Å². The van der Waals surface area contributed by atoms with E-state index in [1.807, 2.05) is 55.4 Å². The lowest BCUT2D eigenvalue weighted by Gasteiger charge is -2.41. The van der Waals surface area contributed by atoms with Crippen molar-refractivity contribution in [2.24, 2.45) is 47.3 Å². The molecule has 4 N–H and O–H groups in total. The molecule has 0 radical (unpaired) electrons. The molecule has 0 spiro atoms. The van der Waals surface area contributed by atoms with Gasteiger partial charge in [0.1, 0.15) is 54.4 Å². The van der Waals surface area contributed by atoms with Gasteiger partial charge in [0.25, 0.3) is 5.91 Å². The molecule has 1 heterocycles. The van der Waals surface area contributed by atoms with E-state index < -0.39 is 161 Å². The maximum atomic E-state index is 15.2. The molecule has 490 valence electrons. The van der Waals surface area contributed by atoms with Crippen LogP contribution in [0.15, 0.2) is 12.2 Å². The smallest absolute Gasteiger partial charge is 0.251 e. The number of hydrogen-bond donors (Lipinski definition) is 4. The quantitative estimate of drug-likeness (QED) is 0.135. The Bertz CT molecular complexity index is 2410. The zero-order valence-corrected chi connectivity index (χ0v) is 56.8. The summed E-state index contributed by atoms with van der Waals surface area (Å²) in [5.74, 6) is -11.6. The van der Waals surface area contributed by atoms with E-state index in [2.05, 4.69) is 21.3 Å². The predicted molar refractivity (Wildman–Crippen MR) is 332 cm³/mol. The summed E-state index contributed by atoms with van der Waals surface area (Å²) in [7, 11) is 9.80. The lowest BCUT2D eigenvalue weighted by Crippen LogP contribution is -2.63. The maximum Gasteiger partial charge on any atom is 0.251 e. The van der Waals surface area contributed by atoms with E-state index in [0.717, 1.165) is 9.80 Å². The Morgan fingerprint density at radius 3 is 1.26 bits per heavy atom. The maximum absolute atomic E-state index is 15.2. The van der Waals surface area contributed by atoms with E-state index in [-0.39, 0.29) is 55.8 Å². The molecule has 0 unspecified atom stereocenters. The Hall–Kier alpha value is -6.42. The number of ketones is 1. The highest BCUT2D eigenvalue weighted by Gasteiger charge is 2.46. The van der Waals surface area contributed by atoms with Crippen LogP contribution in [-0.2, 0) is 57.5 Å². The number of nitrogens with zero attached hydrogens (tertiary/aromatic N) is 7. The minimum absolute atomic E-state index is 0.128. The highest BCUT2D eigenvalue weighted by molar-refractivity contribution is 6.10. The van der Waals surface area contributed by atoms with Crippen molar-refractivity contribution in [3.63, 3.8) is 0 Å². The Labute approximate surface area is 514 Å². The second-order valence-electron chi connectivity index (χ2n) is 26.6. The lowest BCUT2D eigenvalue weighted by atomic mass is 9.92. The zero-order valence-electron chi connectivity index (χ0n) is 56.8. The summed E-state index contributed by atoms with van der Waals surface area (Å²) in [6.45, 7) is 30.8. The number of carbonyl (C=O) groups is 12. The van der Waals surface area contributed by atoms with Gasteiger partial charge in [-0.05, 0) is 94.3 Å². The van der Waals surface area contributed by atoms with Crippen molar-refractivity contribution in [1.29, 1.82) is 0 Å². The van der Waals surface area contributed by atoms with Crippen LogP contribution < -0.4 is 21.3 Å². The first-order chi connectivity index (χ1) is 39.6. The van der Waals surface area contributed by atoms with Crippen LogP contribution >= 0.6 is 0 Å². The van der Waals surface area contributed by atoms with Gasteiger partial charge in [-0.2, -0.15) is 0 Å². The van der Waals surface area contributed by atoms with Gasteiger partial charge >= 0.3 is 0 Å². The number of hydrogen-bond acceptors (Lipinski definition) is 12. The third kappa shape index (κ3) is 21.5. The molecule has 0 aromatic carbocycles. The number of amides is 11. The van der Waals surface area contributed by atoms with E-state index in [9.17, 15) is 47.9 Å². The van der Waals surface area contributed by atoms with Crippen LogP contribution in [-0.4, -0.2) is 221 Å². The number of Topliss-reactive ketones (excluding diaryl/α,β-unsaturated/α-hetero) is 1. The summed E-state index contributed by atoms with van der Waals surface area (Å²) in [5.41, 5.74) is 0. The van der Waals surface area contributed by atoms with Crippen molar-refractivity contribution >= 4 is 70.8 Å². The average Bonchev–Trinajstić information content (AvgIpc) is 2.16. The Morgan fingerprint density at radius 1 is 0.430 bits per heavy atom. The molecule has 1 aliphatic heterocycles. The molecule has 0 aromatic heterocycles. The van der Waals surface area contributed by atoms with E-state index in [1.54, 1.807) is 67.5 Å². The molecule has 0 bridgehead atoms. The molecule has 1 saturated heterocycles. The summed E-state index contributed by atoms with van der Waals surface area (Å²) >= 11 is 0. The van der Waals surface area contributed by atoms with Gasteiger partial charge in [0.05, 0.1) is 6.54 Å². The minimum atomic E-state index is -1.82. The van der Waals surface area contributed by atoms with Crippen LogP contribution in [0.3, 0.4) is 0 Å². The van der Waals surface area contributed by atoms with Crippen LogP contribution in [0.5, 0.6) is 0 Å². The molecule has 86 heavy (non-hydrogen) atoms. The highest BCUT2D eigenvalue weighted by atomic mass is 16.2. The second kappa shape index (κ2) is 34.8. The van der Waals surface area contributed by atoms with Gasteiger partial charge in [0.15, 0.2) is 11.8 Å². The van der Waals surface area contributed by atoms with Crippen LogP contribution in [0.4, 0.5) is 0 Å². The van der Waals surface area contributed by atoms with Gasteiger partial charge in [-0.25, -0.2) is 0 Å². The fourth-order valence-corrected chi connectivity index (χ4v) is 10.7. The normalized spacial score (nSPS) is 26.4. The van der Waals surface area contributed by atoms with Gasteiger partial charge < -0.3 is 55.6 Å². The van der Waals surface area contributed by atoms with E-state index in [4.69, 9.17) is 0 Å². The van der Waals surface area contributed by atoms with Crippen molar-refractivity contribution in [3.8, 4) is 0 Å². The van der Waals surface area contributed by atoms with E-state index in [0.29, 0.717) is 0 Å². The fraction of sp³-hybridized carbons (Fsp3) is 0.778. The van der Waals surface area contributed by atoms with Gasteiger partial charge in [0.2, 0.25) is 59.1 Å². The van der Waals surface area contributed by atoms with E-state index >= 15 is 9.59 Å². The third-order valence-electron chi connectivity index (χ3n) is 16.1. The van der Waals surface area contributed by atoms with Gasteiger partial charge in [-0.1, -0.05) is 116 Å². The number of allylic oxidation sites excluding steroid dienone is 2. The average molecular weight is 1210 g/mol. The molecule has 0 aromatic rings. The number of nitrogens with one attached hydrogen (secondary N) is 4. The summed E-state index contributed by atoms with van der Waals surface area (Å²) in [6, 6.07) is -12.7. The predicted octanol–water partition coefficient (Wildman–Crippen LogP) is 3.72. The molecule has 1 fully saturated rings. The zero-order chi connectivity index (χ0) is 66.8. The minimum Gasteiger partial charge on any atom is -0.343 e. The van der Waals surface area contributed by atoms with Crippen molar-refractivity contribution in [2.45, 2.75) is 217 Å². The first-order valence-corrected chi connectivity index (χ1v) is 30.8. The van der Waals surface area contributed by atoms with Gasteiger partial charge in [-0.3, -0.25) is 57.5 Å². The molecule has 23 nitrogen and oxygen atoms in total. The standard InChI is InChI=1S/C63H111N11O12/c1-26-27-28-41(16)53(76)52-57(80)67-49(38(10)11)61(84)68(19)33-48(75)69(20)44(29-34(2)3)56(79)66-50(39(12)13)62(85)70(21)45(30-35(4)5)55(78)64-42(17)54(77)65-43(18)58(81)71(22)46(31-36(6)7)59(82)72(23)47(32-37(8)9)60(83)73(24)51(40(14)15)63(86)74(52)25/h26-27,34-47,49-52H,28-33H2,1-25H3,(H,64,78)(H,65,77)(H,66,79)(H,67,80)/t41-,42+,43-,44+,45+,46+,47+,49+,50+,51+,52+/m1/s1. The largest absolute Gasteiger partial charge is 0.343 e. The van der Waals surface area contributed by atoms with Crippen LogP contribution in [0.2, 0.25) is 0 Å². The molecule has 11 atom stereocenters. The first-order valence-electron chi connectivity index (χ1n) is 30.8. The highest BCUT2D eigenvalue weighted by Crippen LogP contribution is 2.25. The number of likely N-dealkylation sites (N-methyl/N-ethyl adjacent to an activating group) is 7. The monoisotopic (exact) mass is 1210 g/mol. The van der Waals surface area contributed by atoms with Crippen LogP contribution in [0, 0.1) is 47.3 Å². The van der Waals surface area contributed by atoms with E-state index in [1.165, 1.54) is 87.7 Å². The number of carbonyl (C=O) groups excluding carboxylic acids is 12. The molecule has 1 rings (SSSR count). The summed E-state index contributed by atoms with van der Waals surface area (Å²) < 4.78 is 0. The summed E-state index contributed by atoms with van der Waals surface area (Å²) in [4.78, 5) is 183. The molecule has 1 aliphatic rings. The summed E-state index contributed by atoms with van der Waals surface area (Å²) in [6.07, 6.45) is 4.28. The molecule has 11 amide bonds. The Morgan fingerprint density at radius 2 is 0.814 bits per heavy atom. The van der Waals surface area contributed by atoms with Crippen molar-refractivity contribution in [2.75, 3.05) is 55.9 Å². The number of rotatable bonds is 15. The lowest BCUT2D eigenvalue weighted by molar-refractivity contribution is -0.157.